The lowest BCUT2D eigenvalue weighted by Gasteiger charge is -2.30. The van der Waals surface area contributed by atoms with E-state index in [1.165, 1.54) is 0 Å². The zero-order chi connectivity index (χ0) is 28.0. The van der Waals surface area contributed by atoms with Gasteiger partial charge in [0.05, 0.1) is 0 Å². The Hall–Kier alpha value is -2.50. The van der Waals surface area contributed by atoms with E-state index in [1.807, 2.05) is 36.4 Å². The summed E-state index contributed by atoms with van der Waals surface area (Å²) in [6, 6.07) is 13.5. The normalized spacial score (nSPS) is 13.0. The van der Waals surface area contributed by atoms with Crippen molar-refractivity contribution in [3.63, 3.8) is 0 Å². The molecule has 1 aliphatic rings. The van der Waals surface area contributed by atoms with Crippen LogP contribution in [0, 0.1) is 0 Å². The molecule has 0 aliphatic carbocycles. The number of hydrogen-bond acceptors (Lipinski definition) is 5. The van der Waals surface area contributed by atoms with Gasteiger partial charge < -0.3 is 4.74 Å². The molecule has 0 aromatic heterocycles. The van der Waals surface area contributed by atoms with Gasteiger partial charge in [0.1, 0.15) is 11.5 Å². The third-order valence-electron chi connectivity index (χ3n) is 7.67. The topological polar surface area (TPSA) is 49.9 Å². The van der Waals surface area contributed by atoms with Crippen molar-refractivity contribution >= 4 is 11.6 Å². The summed E-state index contributed by atoms with van der Waals surface area (Å²) in [6.45, 7) is 19.4. The van der Waals surface area contributed by atoms with Crippen molar-refractivity contribution < 1.29 is 14.3 Å². The monoisotopic (exact) mass is 520 g/mol. The lowest BCUT2D eigenvalue weighted by molar-refractivity contribution is 0.0958. The Labute approximate surface area is 230 Å². The highest BCUT2D eigenvalue weighted by atomic mass is 16.5. The number of benzene rings is 2. The van der Waals surface area contributed by atoms with Gasteiger partial charge in [-0.25, -0.2) is 0 Å². The number of ether oxygens (including phenoxy) is 1. The number of hydrogen-bond donors (Lipinski definition) is 0. The van der Waals surface area contributed by atoms with Crippen LogP contribution in [0.1, 0.15) is 113 Å². The van der Waals surface area contributed by atoms with Crippen molar-refractivity contribution in [2.75, 3.05) is 13.1 Å². The van der Waals surface area contributed by atoms with E-state index < -0.39 is 0 Å². The average molecular weight is 521 g/mol. The summed E-state index contributed by atoms with van der Waals surface area (Å²) in [5.74, 6) is 1.75. The van der Waals surface area contributed by atoms with E-state index in [0.29, 0.717) is 48.1 Å². The summed E-state index contributed by atoms with van der Waals surface area (Å²) in [5, 5.41) is 0. The molecule has 0 amide bonds. The van der Waals surface area contributed by atoms with Crippen LogP contribution in [0.4, 0.5) is 0 Å². The number of Topliss-reactive ketones (excluding diaryl/α,β-unsaturated/α-hetero) is 2. The predicted octanol–water partition coefficient (Wildman–Crippen LogP) is 7.55. The van der Waals surface area contributed by atoms with Gasteiger partial charge in [0, 0.05) is 54.6 Å². The van der Waals surface area contributed by atoms with E-state index >= 15 is 0 Å². The average Bonchev–Trinajstić information content (AvgIpc) is 2.85. The van der Waals surface area contributed by atoms with Crippen LogP contribution in [0.25, 0.3) is 0 Å². The molecule has 0 fully saturated rings. The maximum Gasteiger partial charge on any atom is 0.163 e. The second-order valence-corrected chi connectivity index (χ2v) is 11.8. The molecule has 0 unspecified atom stereocenters. The molecule has 0 saturated carbocycles. The molecule has 5 heteroatoms. The molecule has 0 spiro atoms. The number of carbonyl (C=O) groups is 2. The number of rotatable bonds is 14. The van der Waals surface area contributed by atoms with Crippen molar-refractivity contribution in [2.45, 2.75) is 112 Å². The van der Waals surface area contributed by atoms with Crippen molar-refractivity contribution in [3.8, 4) is 11.5 Å². The lowest BCUT2D eigenvalue weighted by atomic mass is 9.95. The Balaban J connectivity index is 1.61. The standard InChI is InChI=1S/C33H48N2O3/c1-22(2)34(23(3)4)17-9-11-30(36)26-13-15-28-19-29-16-14-27(21-33(29)38-32(28)20-26)31(37)12-10-18-35(24(5)6)25(7)8/h13-16,20-25H,9-12,17-19H2,1-8H3. The molecule has 2 aromatic rings. The Morgan fingerprint density at radius 1 is 0.658 bits per heavy atom. The van der Waals surface area contributed by atoms with Crippen LogP contribution in [0.15, 0.2) is 36.4 Å². The first-order valence-corrected chi connectivity index (χ1v) is 14.5. The molecular formula is C33H48N2O3. The molecule has 0 bridgehead atoms. The van der Waals surface area contributed by atoms with Gasteiger partial charge >= 0.3 is 0 Å². The van der Waals surface area contributed by atoms with Gasteiger partial charge in [-0.05, 0) is 105 Å². The minimum absolute atomic E-state index is 0.149. The molecule has 1 aliphatic heterocycles. The fourth-order valence-electron chi connectivity index (χ4n) is 5.62. The molecule has 1 heterocycles. The van der Waals surface area contributed by atoms with E-state index in [9.17, 15) is 9.59 Å². The summed E-state index contributed by atoms with van der Waals surface area (Å²) in [5.41, 5.74) is 3.53. The molecule has 5 nitrogen and oxygen atoms in total. The molecule has 2 aromatic carbocycles. The number of nitrogens with zero attached hydrogens (tertiary/aromatic N) is 2. The fourth-order valence-corrected chi connectivity index (χ4v) is 5.62. The summed E-state index contributed by atoms with van der Waals surface area (Å²) >= 11 is 0. The van der Waals surface area contributed by atoms with E-state index in [-0.39, 0.29) is 11.6 Å². The fraction of sp³-hybridized carbons (Fsp3) is 0.576. The van der Waals surface area contributed by atoms with Gasteiger partial charge in [-0.2, -0.15) is 0 Å². The molecule has 3 rings (SSSR count). The highest BCUT2D eigenvalue weighted by molar-refractivity contribution is 5.97. The van der Waals surface area contributed by atoms with Gasteiger partial charge in [0.25, 0.3) is 0 Å². The molecule has 0 saturated heterocycles. The lowest BCUT2D eigenvalue weighted by Crippen LogP contribution is -2.37. The predicted molar refractivity (Wildman–Crippen MR) is 157 cm³/mol. The quantitative estimate of drug-likeness (QED) is 0.205. The van der Waals surface area contributed by atoms with Crippen LogP contribution in [0.3, 0.4) is 0 Å². The minimum Gasteiger partial charge on any atom is -0.457 e. The first-order valence-electron chi connectivity index (χ1n) is 14.5. The molecule has 0 radical (unpaired) electrons. The van der Waals surface area contributed by atoms with Crippen LogP contribution in [-0.4, -0.2) is 58.6 Å². The SMILES string of the molecule is CC(C)N(CCCC(=O)c1ccc2c(c1)Oc1cc(C(=O)CCCN(C(C)C)C(C)C)ccc1C2)C(C)C. The zero-order valence-electron chi connectivity index (χ0n) is 24.8. The number of fused-ring (bicyclic) bond motifs is 2. The van der Waals surface area contributed by atoms with Crippen LogP contribution in [-0.2, 0) is 6.42 Å². The Bertz CT molecular complexity index is 1000. The smallest absolute Gasteiger partial charge is 0.163 e. The summed E-state index contributed by atoms with van der Waals surface area (Å²) in [6.07, 6.45) is 3.47. The maximum absolute atomic E-state index is 13.0. The second-order valence-electron chi connectivity index (χ2n) is 11.8. The van der Waals surface area contributed by atoms with Crippen LogP contribution < -0.4 is 4.74 Å². The van der Waals surface area contributed by atoms with Crippen molar-refractivity contribution in [1.29, 1.82) is 0 Å². The third kappa shape index (κ3) is 7.77. The Morgan fingerprint density at radius 2 is 1.03 bits per heavy atom. The largest absolute Gasteiger partial charge is 0.457 e. The molecule has 38 heavy (non-hydrogen) atoms. The number of ketones is 2. The van der Waals surface area contributed by atoms with Gasteiger partial charge in [-0.3, -0.25) is 19.4 Å². The van der Waals surface area contributed by atoms with Crippen molar-refractivity contribution in [2.24, 2.45) is 0 Å². The third-order valence-corrected chi connectivity index (χ3v) is 7.67. The zero-order valence-corrected chi connectivity index (χ0v) is 24.8. The highest BCUT2D eigenvalue weighted by Crippen LogP contribution is 2.38. The maximum atomic E-state index is 13.0. The van der Waals surface area contributed by atoms with Crippen molar-refractivity contribution in [1.82, 2.24) is 9.80 Å². The molecule has 0 atom stereocenters. The second kappa shape index (κ2) is 13.5. The van der Waals surface area contributed by atoms with Gasteiger partial charge in [-0.1, -0.05) is 24.3 Å². The van der Waals surface area contributed by atoms with Gasteiger partial charge in [0.15, 0.2) is 11.6 Å². The first-order chi connectivity index (χ1) is 18.0. The van der Waals surface area contributed by atoms with Crippen LogP contribution >= 0.6 is 0 Å². The molecular weight excluding hydrogens is 472 g/mol. The molecule has 208 valence electrons. The van der Waals surface area contributed by atoms with Gasteiger partial charge in [-0.15, -0.1) is 0 Å². The van der Waals surface area contributed by atoms with Crippen molar-refractivity contribution in [3.05, 3.63) is 58.7 Å². The van der Waals surface area contributed by atoms with Crippen LogP contribution in [0.2, 0.25) is 0 Å². The summed E-state index contributed by atoms with van der Waals surface area (Å²) in [4.78, 5) is 30.7. The number of carbonyl (C=O) groups excluding carboxylic acids is 2. The highest BCUT2D eigenvalue weighted by Gasteiger charge is 2.21. The van der Waals surface area contributed by atoms with E-state index in [1.54, 1.807) is 0 Å². The Kier molecular flexibility index (Phi) is 10.7. The van der Waals surface area contributed by atoms with E-state index in [2.05, 4.69) is 65.2 Å². The van der Waals surface area contributed by atoms with E-state index in [0.717, 1.165) is 55.0 Å². The summed E-state index contributed by atoms with van der Waals surface area (Å²) in [7, 11) is 0. The summed E-state index contributed by atoms with van der Waals surface area (Å²) < 4.78 is 6.25. The Morgan fingerprint density at radius 3 is 1.37 bits per heavy atom. The van der Waals surface area contributed by atoms with Crippen LogP contribution in [0.5, 0.6) is 11.5 Å². The minimum atomic E-state index is 0.149. The van der Waals surface area contributed by atoms with Gasteiger partial charge in [0.2, 0.25) is 0 Å². The first kappa shape index (κ1) is 30.0. The van der Waals surface area contributed by atoms with E-state index in [4.69, 9.17) is 4.74 Å². The molecule has 0 N–H and O–H groups in total.